The van der Waals surface area contributed by atoms with Crippen LogP contribution in [0.1, 0.15) is 23.6 Å². The molecule has 1 unspecified atom stereocenters. The molecule has 0 N–H and O–H groups in total. The summed E-state index contributed by atoms with van der Waals surface area (Å²) in [6, 6.07) is 11.7. The molecule has 2 aromatic heterocycles. The first-order chi connectivity index (χ1) is 12.6. The maximum absolute atomic E-state index is 12.6. The van der Waals surface area contributed by atoms with Gasteiger partial charge in [0.05, 0.1) is 13.0 Å². The summed E-state index contributed by atoms with van der Waals surface area (Å²) in [5.41, 5.74) is 1.84. The van der Waals surface area contributed by atoms with Crippen molar-refractivity contribution in [2.45, 2.75) is 32.8 Å². The predicted molar refractivity (Wildman–Crippen MR) is 96.0 cm³/mol. The smallest absolute Gasteiger partial charge is 0.252 e. The van der Waals surface area contributed by atoms with Crippen LogP contribution in [0.15, 0.2) is 36.4 Å². The quantitative estimate of drug-likeness (QED) is 0.718. The number of amides is 1. The highest BCUT2D eigenvalue weighted by Crippen LogP contribution is 2.18. The highest BCUT2D eigenvalue weighted by atomic mass is 16.5. The van der Waals surface area contributed by atoms with E-state index in [1.807, 2.05) is 55.1 Å². The molecule has 3 heterocycles. The Labute approximate surface area is 151 Å². The van der Waals surface area contributed by atoms with E-state index in [9.17, 15) is 4.79 Å². The van der Waals surface area contributed by atoms with Gasteiger partial charge in [0.1, 0.15) is 11.9 Å². The summed E-state index contributed by atoms with van der Waals surface area (Å²) in [6.07, 6.45) is 1.04. The van der Waals surface area contributed by atoms with Crippen molar-refractivity contribution in [3.05, 3.63) is 53.6 Å². The average Bonchev–Trinajstić information content (AvgIpc) is 3.22. The third-order valence-corrected chi connectivity index (χ3v) is 4.52. The first kappa shape index (κ1) is 16.5. The molecule has 4 rings (SSSR count). The van der Waals surface area contributed by atoms with Gasteiger partial charge in [-0.05, 0) is 32.0 Å². The minimum absolute atomic E-state index is 0.0226. The Morgan fingerprint density at radius 1 is 1.23 bits per heavy atom. The fourth-order valence-corrected chi connectivity index (χ4v) is 3.27. The Morgan fingerprint density at radius 2 is 2.04 bits per heavy atom. The number of aromatic nitrogens is 4. The molecule has 134 valence electrons. The third-order valence-electron chi connectivity index (χ3n) is 4.52. The van der Waals surface area contributed by atoms with E-state index < -0.39 is 0 Å². The molecule has 3 aromatic rings. The van der Waals surface area contributed by atoms with E-state index in [2.05, 4.69) is 15.1 Å². The van der Waals surface area contributed by atoms with Crippen LogP contribution in [-0.2, 0) is 11.2 Å². The lowest BCUT2D eigenvalue weighted by molar-refractivity contribution is -0.129. The molecule has 1 aliphatic heterocycles. The molecule has 1 aromatic carbocycles. The zero-order valence-corrected chi connectivity index (χ0v) is 14.9. The minimum atomic E-state index is 0.0226. The van der Waals surface area contributed by atoms with Crippen LogP contribution in [0.5, 0.6) is 5.75 Å². The lowest BCUT2D eigenvalue weighted by Crippen LogP contribution is -2.32. The number of carbonyl (C=O) groups is 1. The van der Waals surface area contributed by atoms with Crippen LogP contribution in [0, 0.1) is 13.8 Å². The van der Waals surface area contributed by atoms with Crippen molar-refractivity contribution in [1.29, 1.82) is 0 Å². The van der Waals surface area contributed by atoms with Gasteiger partial charge in [-0.1, -0.05) is 18.2 Å². The van der Waals surface area contributed by atoms with E-state index in [-0.39, 0.29) is 18.4 Å². The normalized spacial score (nSPS) is 17.0. The third kappa shape index (κ3) is 3.37. The average molecular weight is 351 g/mol. The van der Waals surface area contributed by atoms with Gasteiger partial charge < -0.3 is 9.64 Å². The number of rotatable bonds is 4. The minimum Gasteiger partial charge on any atom is -0.489 e. The summed E-state index contributed by atoms with van der Waals surface area (Å²) in [5, 5.41) is 4.42. The number of nitrogens with zero attached hydrogens (tertiary/aromatic N) is 5. The number of hydrogen-bond donors (Lipinski definition) is 0. The Morgan fingerprint density at radius 3 is 2.85 bits per heavy atom. The summed E-state index contributed by atoms with van der Waals surface area (Å²) >= 11 is 0. The van der Waals surface area contributed by atoms with Gasteiger partial charge in [0.15, 0.2) is 5.82 Å². The Kier molecular flexibility index (Phi) is 4.28. The number of ether oxygens (including phenoxy) is 1. The largest absolute Gasteiger partial charge is 0.489 e. The highest BCUT2D eigenvalue weighted by Gasteiger charge is 2.28. The number of hydrogen-bond acceptors (Lipinski definition) is 5. The molecule has 1 fully saturated rings. The fourth-order valence-electron chi connectivity index (χ4n) is 3.27. The van der Waals surface area contributed by atoms with Crippen LogP contribution in [0.25, 0.3) is 5.78 Å². The van der Waals surface area contributed by atoms with E-state index in [1.54, 1.807) is 4.52 Å². The number of carbonyl (C=O) groups excluding carboxylic acids is 1. The zero-order chi connectivity index (χ0) is 18.1. The lowest BCUT2D eigenvalue weighted by Gasteiger charge is -2.16. The van der Waals surface area contributed by atoms with Crippen molar-refractivity contribution in [2.75, 3.05) is 13.1 Å². The first-order valence-electron chi connectivity index (χ1n) is 8.78. The number of likely N-dealkylation sites (tertiary alicyclic amines) is 1. The number of para-hydroxylation sites is 1. The van der Waals surface area contributed by atoms with Gasteiger partial charge in [-0.3, -0.25) is 4.79 Å². The van der Waals surface area contributed by atoms with Crippen LogP contribution in [0.3, 0.4) is 0 Å². The van der Waals surface area contributed by atoms with Crippen LogP contribution in [-0.4, -0.2) is 49.6 Å². The van der Waals surface area contributed by atoms with Crippen molar-refractivity contribution >= 4 is 11.7 Å². The van der Waals surface area contributed by atoms with Crippen molar-refractivity contribution in [3.8, 4) is 5.75 Å². The molecule has 0 saturated carbocycles. The Bertz CT molecular complexity index is 938. The lowest BCUT2D eigenvalue weighted by atomic mass is 10.3. The molecule has 0 aliphatic carbocycles. The number of benzene rings is 1. The number of fused-ring (bicyclic) bond motifs is 1. The summed E-state index contributed by atoms with van der Waals surface area (Å²) in [4.78, 5) is 23.2. The molecular weight excluding hydrogens is 330 g/mol. The van der Waals surface area contributed by atoms with Crippen molar-refractivity contribution in [2.24, 2.45) is 0 Å². The summed E-state index contributed by atoms with van der Waals surface area (Å²) in [5.74, 6) is 1.90. The summed E-state index contributed by atoms with van der Waals surface area (Å²) < 4.78 is 7.63. The van der Waals surface area contributed by atoms with Crippen molar-refractivity contribution < 1.29 is 9.53 Å². The first-order valence-corrected chi connectivity index (χ1v) is 8.78. The molecule has 1 amide bonds. The molecule has 1 saturated heterocycles. The SMILES string of the molecule is Cc1cc(C)n2nc(CC(=O)N3CCC(Oc4ccccc4)C3)nc2n1. The van der Waals surface area contributed by atoms with Gasteiger partial charge in [0, 0.05) is 24.4 Å². The van der Waals surface area contributed by atoms with E-state index in [1.165, 1.54) is 0 Å². The highest BCUT2D eigenvalue weighted by molar-refractivity contribution is 5.78. The second kappa shape index (κ2) is 6.74. The van der Waals surface area contributed by atoms with Crippen LogP contribution < -0.4 is 4.74 Å². The standard InChI is InChI=1S/C19H21N5O2/c1-13-10-14(2)24-19(20-13)21-17(22-24)11-18(25)23-9-8-16(12-23)26-15-6-4-3-5-7-15/h3-7,10,16H,8-9,11-12H2,1-2H3. The maximum Gasteiger partial charge on any atom is 0.252 e. The van der Waals surface area contributed by atoms with Crippen molar-refractivity contribution in [1.82, 2.24) is 24.5 Å². The van der Waals surface area contributed by atoms with Gasteiger partial charge in [0.25, 0.3) is 5.78 Å². The van der Waals surface area contributed by atoms with E-state index in [4.69, 9.17) is 4.74 Å². The molecule has 0 spiro atoms. The van der Waals surface area contributed by atoms with E-state index >= 15 is 0 Å². The molecule has 1 atom stereocenters. The molecule has 1 aliphatic rings. The van der Waals surface area contributed by atoms with Crippen LogP contribution in [0.2, 0.25) is 0 Å². The van der Waals surface area contributed by atoms with Gasteiger partial charge in [-0.2, -0.15) is 4.98 Å². The van der Waals surface area contributed by atoms with Crippen LogP contribution >= 0.6 is 0 Å². The molecule has 7 nitrogen and oxygen atoms in total. The second-order valence-electron chi connectivity index (χ2n) is 6.64. The molecule has 0 bridgehead atoms. The van der Waals surface area contributed by atoms with Crippen LogP contribution in [0.4, 0.5) is 0 Å². The Balaban J connectivity index is 1.40. The second-order valence-corrected chi connectivity index (χ2v) is 6.64. The van der Waals surface area contributed by atoms with E-state index in [0.29, 0.717) is 24.7 Å². The van der Waals surface area contributed by atoms with Gasteiger partial charge in [-0.15, -0.1) is 5.10 Å². The van der Waals surface area contributed by atoms with Gasteiger partial charge in [0.2, 0.25) is 5.91 Å². The molecule has 7 heteroatoms. The fraction of sp³-hybridized carbons (Fsp3) is 0.368. The monoisotopic (exact) mass is 351 g/mol. The zero-order valence-electron chi connectivity index (χ0n) is 14.9. The maximum atomic E-state index is 12.6. The molecular formula is C19H21N5O2. The van der Waals surface area contributed by atoms with Gasteiger partial charge >= 0.3 is 0 Å². The Hall–Kier alpha value is -2.96. The summed E-state index contributed by atoms with van der Waals surface area (Å²) in [7, 11) is 0. The topological polar surface area (TPSA) is 72.6 Å². The molecule has 26 heavy (non-hydrogen) atoms. The summed E-state index contributed by atoms with van der Waals surface area (Å²) in [6.45, 7) is 5.16. The predicted octanol–water partition coefficient (Wildman–Crippen LogP) is 1.96. The van der Waals surface area contributed by atoms with Gasteiger partial charge in [-0.25, -0.2) is 9.50 Å². The van der Waals surface area contributed by atoms with Crippen molar-refractivity contribution in [3.63, 3.8) is 0 Å². The molecule has 0 radical (unpaired) electrons. The van der Waals surface area contributed by atoms with E-state index in [0.717, 1.165) is 23.6 Å². The number of aryl methyl sites for hydroxylation is 2.